The average Bonchev–Trinajstić information content (AvgIpc) is 2.74. The highest BCUT2D eigenvalue weighted by molar-refractivity contribution is 5.84. The number of para-hydroxylation sites is 1. The summed E-state index contributed by atoms with van der Waals surface area (Å²) in [7, 11) is 0. The first kappa shape index (κ1) is 13.6. The number of nitrogens with one attached hydrogen (secondary N) is 3. The molecule has 0 aliphatic rings. The first-order valence-electron chi connectivity index (χ1n) is 5.16. The number of aromatic amines is 1. The molecule has 7 heteroatoms. The third-order valence-electron chi connectivity index (χ3n) is 2.43. The maximum Gasteiger partial charge on any atom is 0.320 e. The molecule has 6 N–H and O–H groups in total. The summed E-state index contributed by atoms with van der Waals surface area (Å²) in [6.07, 6.45) is 2.16. The minimum absolute atomic E-state index is 0.347. The van der Waals surface area contributed by atoms with Crippen LogP contribution in [-0.4, -0.2) is 22.1 Å². The number of hydrogen-bond acceptors (Lipinski definition) is 4. The lowest BCUT2D eigenvalue weighted by atomic mass is 10.1. The number of aliphatic carboxylic acids is 1. The van der Waals surface area contributed by atoms with Crippen molar-refractivity contribution in [3.63, 3.8) is 0 Å². The molecule has 0 saturated carbocycles. The summed E-state index contributed by atoms with van der Waals surface area (Å²) >= 11 is 0. The normalized spacial score (nSPS) is 11.2. The van der Waals surface area contributed by atoms with E-state index in [9.17, 15) is 4.79 Å². The number of H-pyrrole nitrogens is 1. The first-order chi connectivity index (χ1) is 8.60. The fraction of sp³-hybridized carbons (Fsp3) is 0.182. The van der Waals surface area contributed by atoms with Crippen LogP contribution >= 0.6 is 0 Å². The Morgan fingerprint density at radius 3 is 2.67 bits per heavy atom. The number of nitrogens with two attached hydrogens (primary N) is 1. The van der Waals surface area contributed by atoms with E-state index in [-0.39, 0.29) is 0 Å². The van der Waals surface area contributed by atoms with Crippen LogP contribution in [0.5, 0.6) is 0 Å². The summed E-state index contributed by atoms with van der Waals surface area (Å²) in [4.78, 5) is 15.7. The maximum atomic E-state index is 10.6. The molecule has 1 heterocycles. The summed E-state index contributed by atoms with van der Waals surface area (Å²) in [6, 6.07) is 6.91. The molecule has 7 nitrogen and oxygen atoms in total. The molecule has 0 radical (unpaired) electrons. The molecule has 18 heavy (non-hydrogen) atoms. The van der Waals surface area contributed by atoms with Crippen molar-refractivity contribution < 1.29 is 9.90 Å². The summed E-state index contributed by atoms with van der Waals surface area (Å²) < 4.78 is 0. The van der Waals surface area contributed by atoms with Crippen molar-refractivity contribution in [2.45, 2.75) is 12.5 Å². The third-order valence-corrected chi connectivity index (χ3v) is 2.43. The molecule has 0 aliphatic carbocycles. The Morgan fingerprint density at radius 2 is 2.06 bits per heavy atom. The van der Waals surface area contributed by atoms with Gasteiger partial charge in [0, 0.05) is 23.5 Å². The van der Waals surface area contributed by atoms with Crippen LogP contribution in [0.25, 0.3) is 10.9 Å². The monoisotopic (exact) mass is 248 g/mol. The Kier molecular flexibility index (Phi) is 4.74. The average molecular weight is 248 g/mol. The SMILES string of the molecule is N=[N+]=N.NC(Cc1c[nH]c2ccccc12)C(=O)O. The molecule has 0 bridgehead atoms. The van der Waals surface area contributed by atoms with Gasteiger partial charge in [0.05, 0.1) is 0 Å². The van der Waals surface area contributed by atoms with Gasteiger partial charge in [0.15, 0.2) is 0 Å². The van der Waals surface area contributed by atoms with Gasteiger partial charge in [-0.1, -0.05) is 18.2 Å². The molecule has 0 amide bonds. The minimum Gasteiger partial charge on any atom is -0.480 e. The zero-order chi connectivity index (χ0) is 13.5. The van der Waals surface area contributed by atoms with E-state index < -0.39 is 12.0 Å². The Morgan fingerprint density at radius 1 is 1.44 bits per heavy atom. The second-order valence-electron chi connectivity index (χ2n) is 3.62. The highest BCUT2D eigenvalue weighted by Crippen LogP contribution is 2.18. The molecule has 1 aromatic carbocycles. The van der Waals surface area contributed by atoms with Crippen molar-refractivity contribution in [2.24, 2.45) is 5.73 Å². The van der Waals surface area contributed by atoms with Crippen molar-refractivity contribution >= 4 is 16.9 Å². The molecule has 2 rings (SSSR count). The number of carboxylic acids is 1. The molecule has 0 spiro atoms. The molecule has 94 valence electrons. The lowest BCUT2D eigenvalue weighted by molar-refractivity contribution is -0.138. The Balaban J connectivity index is 0.000000492. The predicted octanol–water partition coefficient (Wildman–Crippen LogP) is 1.24. The van der Waals surface area contributed by atoms with Gasteiger partial charge in [0.25, 0.3) is 0 Å². The smallest absolute Gasteiger partial charge is 0.320 e. The van der Waals surface area contributed by atoms with Crippen LogP contribution in [-0.2, 0) is 11.2 Å². The quantitative estimate of drug-likeness (QED) is 0.412. The lowest BCUT2D eigenvalue weighted by Gasteiger charge is -2.04. The van der Waals surface area contributed by atoms with Gasteiger partial charge in [-0.2, -0.15) is 0 Å². The van der Waals surface area contributed by atoms with Gasteiger partial charge < -0.3 is 15.8 Å². The second kappa shape index (κ2) is 6.29. The summed E-state index contributed by atoms with van der Waals surface area (Å²) in [5, 5.41) is 9.75. The molecular weight excluding hydrogens is 234 g/mol. The summed E-state index contributed by atoms with van der Waals surface area (Å²) in [5.41, 5.74) is 18.4. The van der Waals surface area contributed by atoms with Gasteiger partial charge in [-0.3, -0.25) is 4.79 Å². The third kappa shape index (κ3) is 3.24. The Hall–Kier alpha value is -2.50. The molecule has 0 saturated heterocycles. The minimum atomic E-state index is -0.972. The van der Waals surface area contributed by atoms with Crippen molar-refractivity contribution in [1.82, 2.24) is 9.90 Å². The number of carbonyl (C=O) groups is 1. The van der Waals surface area contributed by atoms with Gasteiger partial charge >= 0.3 is 5.97 Å². The summed E-state index contributed by atoms with van der Waals surface area (Å²) in [5.74, 6) is -0.972. The van der Waals surface area contributed by atoms with E-state index in [1.165, 1.54) is 0 Å². The number of hydrogen-bond donors (Lipinski definition) is 5. The number of rotatable bonds is 3. The van der Waals surface area contributed by atoms with Gasteiger partial charge in [0.1, 0.15) is 17.1 Å². The van der Waals surface area contributed by atoms with Gasteiger partial charge in [-0.05, 0) is 11.6 Å². The number of benzene rings is 1. The zero-order valence-electron chi connectivity index (χ0n) is 9.55. The number of aromatic nitrogens is 1. The Labute approximate surface area is 103 Å². The standard InChI is InChI=1S/C11H12N2O2.H2N3/c12-9(11(14)15)5-7-6-13-10-4-2-1-3-8(7)10;1-3-2/h1-4,6,9,13H,5,12H2,(H,14,15);1-2H/q;+1. The number of carboxylic acid groups (broad SMARTS) is 1. The number of nitrogens with zero attached hydrogens (tertiary/aromatic N) is 1. The molecule has 1 atom stereocenters. The molecule has 2 aromatic rings. The van der Waals surface area contributed by atoms with Crippen LogP contribution < -0.4 is 10.6 Å². The van der Waals surface area contributed by atoms with Crippen LogP contribution in [0.3, 0.4) is 0 Å². The van der Waals surface area contributed by atoms with Crippen LogP contribution in [0.4, 0.5) is 0 Å². The van der Waals surface area contributed by atoms with E-state index in [1.54, 1.807) is 0 Å². The maximum absolute atomic E-state index is 10.6. The van der Waals surface area contributed by atoms with Gasteiger partial charge in [0.2, 0.25) is 4.91 Å². The van der Waals surface area contributed by atoms with E-state index in [1.807, 2.05) is 35.4 Å². The Bertz CT molecular complexity index is 572. The van der Waals surface area contributed by atoms with E-state index in [0.717, 1.165) is 16.5 Å². The molecule has 0 fully saturated rings. The molecule has 1 aromatic heterocycles. The predicted molar refractivity (Wildman–Crippen MR) is 65.2 cm³/mol. The highest BCUT2D eigenvalue weighted by atomic mass is 16.4. The van der Waals surface area contributed by atoms with Crippen LogP contribution in [0.15, 0.2) is 30.5 Å². The van der Waals surface area contributed by atoms with E-state index >= 15 is 0 Å². The zero-order valence-corrected chi connectivity index (χ0v) is 9.55. The van der Waals surface area contributed by atoms with Crippen molar-refractivity contribution in [3.8, 4) is 0 Å². The molecule has 1 unspecified atom stereocenters. The van der Waals surface area contributed by atoms with Crippen LogP contribution in [0.2, 0.25) is 0 Å². The van der Waals surface area contributed by atoms with Crippen molar-refractivity contribution in [2.75, 3.05) is 0 Å². The largest absolute Gasteiger partial charge is 0.480 e. The first-order valence-corrected chi connectivity index (χ1v) is 5.16. The van der Waals surface area contributed by atoms with Gasteiger partial charge in [-0.25, -0.2) is 0 Å². The number of fused-ring (bicyclic) bond motifs is 1. The fourth-order valence-corrected chi connectivity index (χ4v) is 1.62. The second-order valence-corrected chi connectivity index (χ2v) is 3.62. The van der Waals surface area contributed by atoms with Crippen LogP contribution in [0, 0.1) is 11.1 Å². The van der Waals surface area contributed by atoms with E-state index in [4.69, 9.17) is 21.9 Å². The molecular formula is C11H14N5O2+. The van der Waals surface area contributed by atoms with Crippen molar-refractivity contribution in [3.05, 3.63) is 36.0 Å². The van der Waals surface area contributed by atoms with E-state index in [0.29, 0.717) is 6.42 Å². The van der Waals surface area contributed by atoms with E-state index in [2.05, 4.69) is 4.98 Å². The lowest BCUT2D eigenvalue weighted by Crippen LogP contribution is -2.32. The highest BCUT2D eigenvalue weighted by Gasteiger charge is 2.14. The molecule has 0 aliphatic heterocycles. The van der Waals surface area contributed by atoms with Crippen LogP contribution in [0.1, 0.15) is 5.56 Å². The fourth-order valence-electron chi connectivity index (χ4n) is 1.62. The van der Waals surface area contributed by atoms with Crippen molar-refractivity contribution in [1.29, 1.82) is 11.1 Å². The van der Waals surface area contributed by atoms with Gasteiger partial charge in [-0.15, -0.1) is 0 Å². The topological polar surface area (TPSA) is 141 Å². The summed E-state index contributed by atoms with van der Waals surface area (Å²) in [6.45, 7) is 0.